The summed E-state index contributed by atoms with van der Waals surface area (Å²) in [6, 6.07) is 4.15. The van der Waals surface area contributed by atoms with Crippen molar-refractivity contribution in [3.05, 3.63) is 33.9 Å². The first kappa shape index (κ1) is 13.9. The second-order valence-electron chi connectivity index (χ2n) is 6.02. The Balaban J connectivity index is 1.96. The number of anilines is 1. The zero-order valence-corrected chi connectivity index (χ0v) is 11.9. The molecule has 2 fully saturated rings. The number of carboxylic acids is 1. The predicted octanol–water partition coefficient (Wildman–Crippen LogP) is 2.59. The van der Waals surface area contributed by atoms with Crippen LogP contribution in [0, 0.1) is 28.9 Å². The highest BCUT2D eigenvalue weighted by Crippen LogP contribution is 2.44. The van der Waals surface area contributed by atoms with Crippen LogP contribution in [0.25, 0.3) is 0 Å². The monoisotopic (exact) mass is 290 g/mol. The Labute approximate surface area is 122 Å². The number of nitro benzene ring substituents is 1. The van der Waals surface area contributed by atoms with Gasteiger partial charge in [-0.1, -0.05) is 6.42 Å². The Morgan fingerprint density at radius 1 is 1.43 bits per heavy atom. The van der Waals surface area contributed by atoms with Crippen LogP contribution in [0.5, 0.6) is 0 Å². The van der Waals surface area contributed by atoms with E-state index in [1.54, 1.807) is 13.0 Å². The zero-order chi connectivity index (χ0) is 15.1. The molecule has 0 radical (unpaired) electrons. The van der Waals surface area contributed by atoms with Crippen LogP contribution in [0.3, 0.4) is 0 Å². The summed E-state index contributed by atoms with van der Waals surface area (Å²) in [5.41, 5.74) is 1.61. The van der Waals surface area contributed by atoms with E-state index in [9.17, 15) is 20.0 Å². The van der Waals surface area contributed by atoms with Gasteiger partial charge in [-0.25, -0.2) is 4.79 Å². The van der Waals surface area contributed by atoms with Gasteiger partial charge >= 0.3 is 5.97 Å². The topological polar surface area (TPSA) is 83.7 Å². The number of fused-ring (bicyclic) bond motifs is 1. The largest absolute Gasteiger partial charge is 0.480 e. The molecule has 3 unspecified atom stereocenters. The molecule has 1 saturated carbocycles. The summed E-state index contributed by atoms with van der Waals surface area (Å²) in [6.45, 7) is 2.54. The Hall–Kier alpha value is -2.11. The highest BCUT2D eigenvalue weighted by atomic mass is 16.6. The Bertz CT molecular complexity index is 601. The van der Waals surface area contributed by atoms with Gasteiger partial charge in [0.15, 0.2) is 0 Å². The van der Waals surface area contributed by atoms with Gasteiger partial charge in [0.05, 0.1) is 4.92 Å². The summed E-state index contributed by atoms with van der Waals surface area (Å²) in [5, 5.41) is 20.4. The Morgan fingerprint density at radius 2 is 2.19 bits per heavy atom. The fourth-order valence-electron chi connectivity index (χ4n) is 3.95. The third-order valence-corrected chi connectivity index (χ3v) is 4.84. The molecule has 1 N–H and O–H groups in total. The minimum absolute atomic E-state index is 0.0440. The van der Waals surface area contributed by atoms with E-state index in [1.807, 2.05) is 4.90 Å². The molecule has 6 nitrogen and oxygen atoms in total. The van der Waals surface area contributed by atoms with Crippen LogP contribution in [0.2, 0.25) is 0 Å². The second-order valence-corrected chi connectivity index (χ2v) is 6.02. The Kier molecular flexibility index (Phi) is 3.31. The lowest BCUT2D eigenvalue weighted by atomic mass is 9.94. The van der Waals surface area contributed by atoms with Crippen molar-refractivity contribution < 1.29 is 14.8 Å². The molecule has 2 aliphatic rings. The number of nitro groups is 1. The van der Waals surface area contributed by atoms with E-state index in [-0.39, 0.29) is 11.6 Å². The second kappa shape index (κ2) is 5.02. The summed E-state index contributed by atoms with van der Waals surface area (Å²) >= 11 is 0. The molecule has 1 saturated heterocycles. The van der Waals surface area contributed by atoms with Gasteiger partial charge in [-0.15, -0.1) is 0 Å². The van der Waals surface area contributed by atoms with Gasteiger partial charge in [-0.3, -0.25) is 10.1 Å². The first-order valence-corrected chi connectivity index (χ1v) is 7.23. The van der Waals surface area contributed by atoms with E-state index >= 15 is 0 Å². The minimum Gasteiger partial charge on any atom is -0.480 e. The molecule has 112 valence electrons. The standard InChI is InChI=1S/C15H18N2O4/c1-9-7-11(17(20)21)5-6-13(9)16-8-10-3-2-4-12(10)14(16)15(18)19/h5-7,10,12,14H,2-4,8H2,1H3,(H,18,19). The molecule has 1 aliphatic heterocycles. The van der Waals surface area contributed by atoms with Crippen LogP contribution in [-0.2, 0) is 4.79 Å². The van der Waals surface area contributed by atoms with Gasteiger partial charge in [0.2, 0.25) is 0 Å². The van der Waals surface area contributed by atoms with Gasteiger partial charge < -0.3 is 10.0 Å². The minimum atomic E-state index is -0.790. The molecule has 0 bridgehead atoms. The number of nitrogens with zero attached hydrogens (tertiary/aromatic N) is 2. The van der Waals surface area contributed by atoms with E-state index in [0.717, 1.165) is 37.1 Å². The normalized spacial score (nSPS) is 27.7. The first-order chi connectivity index (χ1) is 9.99. The van der Waals surface area contributed by atoms with Crippen LogP contribution in [-0.4, -0.2) is 28.6 Å². The number of aryl methyl sites for hydroxylation is 1. The van der Waals surface area contributed by atoms with E-state index < -0.39 is 16.9 Å². The van der Waals surface area contributed by atoms with Gasteiger partial charge in [-0.05, 0) is 43.2 Å². The number of carboxylic acid groups (broad SMARTS) is 1. The zero-order valence-electron chi connectivity index (χ0n) is 11.9. The van der Waals surface area contributed by atoms with Crippen molar-refractivity contribution in [3.63, 3.8) is 0 Å². The molecule has 1 aromatic carbocycles. The molecule has 1 heterocycles. The molecule has 21 heavy (non-hydrogen) atoms. The molecule has 0 amide bonds. The third-order valence-electron chi connectivity index (χ3n) is 4.84. The van der Waals surface area contributed by atoms with Crippen LogP contribution in [0.4, 0.5) is 11.4 Å². The number of carbonyl (C=O) groups is 1. The fourth-order valence-corrected chi connectivity index (χ4v) is 3.95. The first-order valence-electron chi connectivity index (χ1n) is 7.23. The van der Waals surface area contributed by atoms with Gasteiger partial charge in [0.25, 0.3) is 5.69 Å². The van der Waals surface area contributed by atoms with E-state index in [0.29, 0.717) is 5.92 Å². The molecule has 6 heteroatoms. The summed E-state index contributed by atoms with van der Waals surface area (Å²) in [7, 11) is 0. The SMILES string of the molecule is Cc1cc([N+](=O)[O-])ccc1N1CC2CCCC2C1C(=O)O. The number of non-ortho nitro benzene ring substituents is 1. The smallest absolute Gasteiger partial charge is 0.326 e. The summed E-state index contributed by atoms with van der Waals surface area (Å²) in [5.74, 6) is -0.153. The number of hydrogen-bond donors (Lipinski definition) is 1. The average molecular weight is 290 g/mol. The van der Waals surface area contributed by atoms with Crippen molar-refractivity contribution in [1.29, 1.82) is 0 Å². The van der Waals surface area contributed by atoms with Crippen LogP contribution in [0.1, 0.15) is 24.8 Å². The highest BCUT2D eigenvalue weighted by molar-refractivity contribution is 5.80. The van der Waals surface area contributed by atoms with E-state index in [4.69, 9.17) is 0 Å². The lowest BCUT2D eigenvalue weighted by Gasteiger charge is -2.27. The molecular weight excluding hydrogens is 272 g/mol. The number of hydrogen-bond acceptors (Lipinski definition) is 4. The molecule has 1 aliphatic carbocycles. The Morgan fingerprint density at radius 3 is 2.81 bits per heavy atom. The van der Waals surface area contributed by atoms with Crippen LogP contribution >= 0.6 is 0 Å². The van der Waals surface area contributed by atoms with Gasteiger partial charge in [-0.2, -0.15) is 0 Å². The van der Waals surface area contributed by atoms with Crippen molar-refractivity contribution in [3.8, 4) is 0 Å². The van der Waals surface area contributed by atoms with Gasteiger partial charge in [0, 0.05) is 24.4 Å². The lowest BCUT2D eigenvalue weighted by Crippen LogP contribution is -2.40. The van der Waals surface area contributed by atoms with Gasteiger partial charge in [0.1, 0.15) is 6.04 Å². The number of benzene rings is 1. The number of rotatable bonds is 3. The van der Waals surface area contributed by atoms with E-state index in [2.05, 4.69) is 0 Å². The molecule has 0 aromatic heterocycles. The van der Waals surface area contributed by atoms with Crippen molar-refractivity contribution in [2.75, 3.05) is 11.4 Å². The lowest BCUT2D eigenvalue weighted by molar-refractivity contribution is -0.384. The summed E-state index contributed by atoms with van der Waals surface area (Å²) < 4.78 is 0. The fraction of sp³-hybridized carbons (Fsp3) is 0.533. The number of aliphatic carboxylic acids is 1. The molecular formula is C15H18N2O4. The van der Waals surface area contributed by atoms with Crippen LogP contribution < -0.4 is 4.90 Å². The maximum absolute atomic E-state index is 11.7. The summed E-state index contributed by atoms with van der Waals surface area (Å²) in [6.07, 6.45) is 3.15. The quantitative estimate of drug-likeness (QED) is 0.683. The van der Waals surface area contributed by atoms with Crippen molar-refractivity contribution in [1.82, 2.24) is 0 Å². The maximum atomic E-state index is 11.7. The van der Waals surface area contributed by atoms with Crippen molar-refractivity contribution in [2.45, 2.75) is 32.2 Å². The third kappa shape index (κ3) is 2.24. The average Bonchev–Trinajstić information content (AvgIpc) is 2.97. The molecule has 0 spiro atoms. The molecule has 3 atom stereocenters. The molecule has 1 aromatic rings. The van der Waals surface area contributed by atoms with Crippen LogP contribution in [0.15, 0.2) is 18.2 Å². The summed E-state index contributed by atoms with van der Waals surface area (Å²) in [4.78, 5) is 24.0. The van der Waals surface area contributed by atoms with E-state index in [1.165, 1.54) is 12.1 Å². The van der Waals surface area contributed by atoms with Crippen molar-refractivity contribution >= 4 is 17.3 Å². The van der Waals surface area contributed by atoms with Crippen molar-refractivity contribution in [2.24, 2.45) is 11.8 Å². The highest BCUT2D eigenvalue weighted by Gasteiger charge is 2.48. The molecule has 3 rings (SSSR count). The maximum Gasteiger partial charge on any atom is 0.326 e. The predicted molar refractivity (Wildman–Crippen MR) is 77.4 cm³/mol.